The number of oxime groups is 1. The molecule has 0 saturated carbocycles. The van der Waals surface area contributed by atoms with Crippen LogP contribution in [-0.4, -0.2) is 21.2 Å². The van der Waals surface area contributed by atoms with E-state index in [1.807, 2.05) is 25.1 Å². The lowest BCUT2D eigenvalue weighted by Gasteiger charge is -2.09. The van der Waals surface area contributed by atoms with Gasteiger partial charge in [-0.05, 0) is 43.3 Å². The van der Waals surface area contributed by atoms with Gasteiger partial charge in [0, 0.05) is 4.90 Å². The number of aromatic nitrogens is 2. The third-order valence-corrected chi connectivity index (χ3v) is 4.77. The molecule has 4 nitrogen and oxygen atoms in total. The van der Waals surface area contributed by atoms with E-state index in [4.69, 9.17) is 16.8 Å². The van der Waals surface area contributed by atoms with Crippen LogP contribution in [0, 0.1) is 12.7 Å². The molecule has 1 aromatic heterocycles. The summed E-state index contributed by atoms with van der Waals surface area (Å²) in [6, 6.07) is 13.5. The van der Waals surface area contributed by atoms with Crippen LogP contribution in [0.15, 0.2) is 63.6 Å². The van der Waals surface area contributed by atoms with Gasteiger partial charge in [-0.2, -0.15) is 5.10 Å². The second-order valence-electron chi connectivity index (χ2n) is 4.97. The van der Waals surface area contributed by atoms with Crippen LogP contribution >= 0.6 is 23.4 Å². The number of nitrogens with zero attached hydrogens (tertiary/aromatic N) is 3. The second kappa shape index (κ2) is 7.07. The summed E-state index contributed by atoms with van der Waals surface area (Å²) in [5.41, 5.74) is 2.08. The number of halogens is 2. The lowest BCUT2D eigenvalue weighted by atomic mass is 10.3. The molecule has 1 heterocycles. The van der Waals surface area contributed by atoms with Crippen molar-refractivity contribution in [1.29, 1.82) is 0 Å². The number of aryl methyl sites for hydroxylation is 1. The number of hydrogen-bond acceptors (Lipinski definition) is 4. The molecule has 3 aromatic rings. The summed E-state index contributed by atoms with van der Waals surface area (Å²) in [5.74, 6) is -0.299. The first-order chi connectivity index (χ1) is 11.6. The van der Waals surface area contributed by atoms with E-state index < -0.39 is 0 Å². The normalized spacial score (nSPS) is 11.3. The van der Waals surface area contributed by atoms with Crippen molar-refractivity contribution < 1.29 is 9.60 Å². The Balaban J connectivity index is 2.14. The number of hydrogen-bond donors (Lipinski definition) is 1. The zero-order valence-corrected chi connectivity index (χ0v) is 14.2. The zero-order chi connectivity index (χ0) is 17.1. The smallest absolute Gasteiger partial charge is 0.123 e. The van der Waals surface area contributed by atoms with E-state index in [-0.39, 0.29) is 5.82 Å². The Morgan fingerprint density at radius 2 is 1.92 bits per heavy atom. The molecule has 24 heavy (non-hydrogen) atoms. The molecule has 0 aliphatic rings. The molecular formula is C17H13ClFN3OS. The van der Waals surface area contributed by atoms with Crippen LogP contribution in [0.5, 0.6) is 0 Å². The molecule has 0 bridgehead atoms. The number of benzene rings is 2. The maximum Gasteiger partial charge on any atom is 0.123 e. The van der Waals surface area contributed by atoms with Gasteiger partial charge in [0.15, 0.2) is 0 Å². The van der Waals surface area contributed by atoms with Crippen molar-refractivity contribution in [2.45, 2.75) is 16.8 Å². The highest BCUT2D eigenvalue weighted by Gasteiger charge is 2.18. The molecule has 0 saturated heterocycles. The van der Waals surface area contributed by atoms with Crippen LogP contribution in [-0.2, 0) is 0 Å². The summed E-state index contributed by atoms with van der Waals surface area (Å²) in [4.78, 5) is 0.831. The second-order valence-corrected chi connectivity index (χ2v) is 6.44. The van der Waals surface area contributed by atoms with Gasteiger partial charge in [-0.3, -0.25) is 0 Å². The fourth-order valence-electron chi connectivity index (χ4n) is 2.22. The van der Waals surface area contributed by atoms with Gasteiger partial charge in [0.25, 0.3) is 0 Å². The average molecular weight is 362 g/mol. The van der Waals surface area contributed by atoms with Gasteiger partial charge in [0.05, 0.1) is 28.2 Å². The Labute approximate surface area is 147 Å². The monoisotopic (exact) mass is 361 g/mol. The van der Waals surface area contributed by atoms with Crippen LogP contribution in [0.2, 0.25) is 5.02 Å². The highest BCUT2D eigenvalue weighted by Crippen LogP contribution is 2.34. The van der Waals surface area contributed by atoms with Crippen molar-refractivity contribution in [1.82, 2.24) is 9.78 Å². The van der Waals surface area contributed by atoms with Gasteiger partial charge in [0.2, 0.25) is 0 Å². The Kier molecular flexibility index (Phi) is 4.87. The summed E-state index contributed by atoms with van der Waals surface area (Å²) in [6.07, 6.45) is 1.33. The van der Waals surface area contributed by atoms with E-state index in [0.717, 1.165) is 9.92 Å². The van der Waals surface area contributed by atoms with Crippen molar-refractivity contribution in [2.24, 2.45) is 5.16 Å². The zero-order valence-electron chi connectivity index (χ0n) is 12.6. The van der Waals surface area contributed by atoms with Gasteiger partial charge in [-0.25, -0.2) is 9.07 Å². The van der Waals surface area contributed by atoms with Crippen molar-refractivity contribution in [3.63, 3.8) is 0 Å². The van der Waals surface area contributed by atoms with Crippen molar-refractivity contribution in [2.75, 3.05) is 0 Å². The van der Waals surface area contributed by atoms with Gasteiger partial charge >= 0.3 is 0 Å². The van der Waals surface area contributed by atoms with Crippen molar-refractivity contribution >= 4 is 29.6 Å². The maximum atomic E-state index is 13.1. The van der Waals surface area contributed by atoms with Gasteiger partial charge in [-0.1, -0.05) is 40.7 Å². The summed E-state index contributed by atoms with van der Waals surface area (Å²) < 4.78 is 14.8. The minimum Gasteiger partial charge on any atom is -0.411 e. The lowest BCUT2D eigenvalue weighted by molar-refractivity contribution is 0.321. The molecule has 3 rings (SSSR count). The summed E-state index contributed by atoms with van der Waals surface area (Å²) >= 11 is 7.68. The molecule has 0 spiro atoms. The molecule has 0 amide bonds. The Morgan fingerprint density at radius 3 is 2.58 bits per heavy atom. The summed E-state index contributed by atoms with van der Waals surface area (Å²) in [5, 5.41) is 17.9. The van der Waals surface area contributed by atoms with E-state index >= 15 is 0 Å². The Morgan fingerprint density at radius 1 is 1.21 bits per heavy atom. The van der Waals surface area contributed by atoms with Crippen LogP contribution in [0.25, 0.3) is 5.69 Å². The fourth-order valence-corrected chi connectivity index (χ4v) is 3.47. The van der Waals surface area contributed by atoms with Crippen LogP contribution in [0.3, 0.4) is 0 Å². The number of rotatable bonds is 4. The van der Waals surface area contributed by atoms with E-state index in [0.29, 0.717) is 22.0 Å². The molecule has 0 unspecified atom stereocenters. The largest absolute Gasteiger partial charge is 0.411 e. The third-order valence-electron chi connectivity index (χ3n) is 3.36. The van der Waals surface area contributed by atoms with Gasteiger partial charge in [0.1, 0.15) is 10.8 Å². The molecule has 0 radical (unpaired) electrons. The van der Waals surface area contributed by atoms with E-state index in [9.17, 15) is 4.39 Å². The predicted molar refractivity (Wildman–Crippen MR) is 93.2 cm³/mol. The topological polar surface area (TPSA) is 50.4 Å². The number of para-hydroxylation sites is 1. The Hall–Kier alpha value is -2.31. The van der Waals surface area contributed by atoms with Crippen molar-refractivity contribution in [3.05, 3.63) is 70.6 Å². The Bertz CT molecular complexity index is 893. The highest BCUT2D eigenvalue weighted by atomic mass is 35.5. The molecule has 0 fully saturated rings. The average Bonchev–Trinajstić information content (AvgIpc) is 2.87. The van der Waals surface area contributed by atoms with Crippen LogP contribution in [0.1, 0.15) is 11.3 Å². The molecule has 7 heteroatoms. The molecule has 1 N–H and O–H groups in total. The minimum atomic E-state index is -0.299. The van der Waals surface area contributed by atoms with Crippen molar-refractivity contribution in [3.8, 4) is 5.69 Å². The first-order valence-electron chi connectivity index (χ1n) is 7.05. The third kappa shape index (κ3) is 3.29. The first kappa shape index (κ1) is 16.5. The van der Waals surface area contributed by atoms with Crippen LogP contribution in [0.4, 0.5) is 4.39 Å². The van der Waals surface area contributed by atoms with E-state index in [1.54, 1.807) is 22.9 Å². The molecule has 0 aliphatic heterocycles. The lowest BCUT2D eigenvalue weighted by Crippen LogP contribution is -2.00. The molecule has 0 atom stereocenters. The molecular weight excluding hydrogens is 349 g/mol. The van der Waals surface area contributed by atoms with Gasteiger partial charge < -0.3 is 5.21 Å². The van der Waals surface area contributed by atoms with E-state index in [2.05, 4.69) is 10.3 Å². The molecule has 0 aliphatic carbocycles. The summed E-state index contributed by atoms with van der Waals surface area (Å²) in [7, 11) is 0. The highest BCUT2D eigenvalue weighted by molar-refractivity contribution is 7.99. The fraction of sp³-hybridized carbons (Fsp3) is 0.0588. The van der Waals surface area contributed by atoms with Gasteiger partial charge in [-0.15, -0.1) is 0 Å². The summed E-state index contributed by atoms with van der Waals surface area (Å²) in [6.45, 7) is 1.82. The SMILES string of the molecule is Cc1nn(-c2ccccc2Cl)c(Sc2ccc(F)cc2)c1C=NO. The van der Waals surface area contributed by atoms with E-state index in [1.165, 1.54) is 30.1 Å². The molecule has 2 aromatic carbocycles. The predicted octanol–water partition coefficient (Wildman–Crippen LogP) is 4.93. The minimum absolute atomic E-state index is 0.299. The maximum absolute atomic E-state index is 13.1. The molecule has 122 valence electrons. The first-order valence-corrected chi connectivity index (χ1v) is 8.25. The van der Waals surface area contributed by atoms with Crippen LogP contribution < -0.4 is 0 Å². The standard InChI is InChI=1S/C17H13ClFN3OS/c1-11-14(10-20-23)17(24-13-8-6-12(19)7-9-13)22(21-11)16-5-3-2-4-15(16)18/h2-10,23H,1H3. The quantitative estimate of drug-likeness (QED) is 0.407.